The van der Waals surface area contributed by atoms with Gasteiger partial charge in [-0.25, -0.2) is 0 Å². The first kappa shape index (κ1) is 13.4. The van der Waals surface area contributed by atoms with Gasteiger partial charge in [0.2, 0.25) is 0 Å². The average Bonchev–Trinajstić information content (AvgIpc) is 2.81. The molecule has 2 rings (SSSR count). The third kappa shape index (κ3) is 2.85. The fraction of sp³-hybridized carbons (Fsp3) is 0.500. The molecular formula is C14H18ClNO2. The van der Waals surface area contributed by atoms with Crippen LogP contribution >= 0.6 is 11.6 Å². The number of methoxy groups -OCH3 is 1. The molecule has 0 aromatic heterocycles. The van der Waals surface area contributed by atoms with E-state index in [2.05, 4.69) is 0 Å². The summed E-state index contributed by atoms with van der Waals surface area (Å²) in [6, 6.07) is 5.43. The number of halogens is 1. The van der Waals surface area contributed by atoms with E-state index in [1.165, 1.54) is 0 Å². The van der Waals surface area contributed by atoms with Gasteiger partial charge in [-0.05, 0) is 37.1 Å². The molecule has 0 spiro atoms. The Morgan fingerprint density at radius 2 is 2.33 bits per heavy atom. The van der Waals surface area contributed by atoms with Crippen molar-refractivity contribution in [2.45, 2.75) is 13.3 Å². The molecule has 1 aliphatic rings. The Labute approximate surface area is 113 Å². The molecule has 1 aromatic carbocycles. The number of benzene rings is 1. The Hall–Kier alpha value is -1.06. The summed E-state index contributed by atoms with van der Waals surface area (Å²) >= 11 is 5.97. The number of carbonyl (C=O) groups is 1. The number of nitrogens with zero attached hydrogens (tertiary/aromatic N) is 1. The number of rotatable bonds is 3. The van der Waals surface area contributed by atoms with Gasteiger partial charge in [0.25, 0.3) is 5.91 Å². The molecular weight excluding hydrogens is 250 g/mol. The largest absolute Gasteiger partial charge is 0.384 e. The van der Waals surface area contributed by atoms with E-state index >= 15 is 0 Å². The third-order valence-corrected chi connectivity index (χ3v) is 3.80. The van der Waals surface area contributed by atoms with Crippen LogP contribution in [0.1, 0.15) is 22.3 Å². The quantitative estimate of drug-likeness (QED) is 0.843. The van der Waals surface area contributed by atoms with Crippen LogP contribution in [0.5, 0.6) is 0 Å². The third-order valence-electron chi connectivity index (χ3n) is 3.38. The summed E-state index contributed by atoms with van der Waals surface area (Å²) < 4.78 is 5.14. The normalized spacial score (nSPS) is 19.3. The first-order chi connectivity index (χ1) is 8.61. The van der Waals surface area contributed by atoms with Gasteiger partial charge in [0.1, 0.15) is 0 Å². The summed E-state index contributed by atoms with van der Waals surface area (Å²) in [7, 11) is 1.70. The monoisotopic (exact) mass is 267 g/mol. The molecule has 0 radical (unpaired) electrons. The van der Waals surface area contributed by atoms with Crippen molar-refractivity contribution < 1.29 is 9.53 Å². The van der Waals surface area contributed by atoms with Crippen LogP contribution in [0, 0.1) is 12.8 Å². The van der Waals surface area contributed by atoms with Crippen molar-refractivity contribution in [1.82, 2.24) is 4.90 Å². The first-order valence-electron chi connectivity index (χ1n) is 6.16. The Morgan fingerprint density at radius 1 is 1.56 bits per heavy atom. The predicted molar refractivity (Wildman–Crippen MR) is 72.1 cm³/mol. The molecule has 1 aliphatic heterocycles. The minimum absolute atomic E-state index is 0.0911. The van der Waals surface area contributed by atoms with Crippen molar-refractivity contribution >= 4 is 17.5 Å². The predicted octanol–water partition coefficient (Wildman–Crippen LogP) is 2.76. The molecule has 3 nitrogen and oxygen atoms in total. The maximum atomic E-state index is 12.3. The number of ether oxygens (including phenoxy) is 1. The van der Waals surface area contributed by atoms with Crippen LogP contribution in [0.15, 0.2) is 18.2 Å². The zero-order valence-electron chi connectivity index (χ0n) is 10.8. The Kier molecular flexibility index (Phi) is 4.25. The number of carbonyl (C=O) groups excluding carboxylic acids is 1. The molecule has 98 valence electrons. The maximum Gasteiger partial charge on any atom is 0.253 e. The van der Waals surface area contributed by atoms with Crippen LogP contribution in [0.4, 0.5) is 0 Å². The Morgan fingerprint density at radius 3 is 3.00 bits per heavy atom. The number of aryl methyl sites for hydroxylation is 1. The van der Waals surface area contributed by atoms with Crippen LogP contribution in [0.2, 0.25) is 5.02 Å². The smallest absolute Gasteiger partial charge is 0.253 e. The van der Waals surface area contributed by atoms with E-state index in [9.17, 15) is 4.79 Å². The van der Waals surface area contributed by atoms with Gasteiger partial charge in [-0.3, -0.25) is 4.79 Å². The highest BCUT2D eigenvalue weighted by Crippen LogP contribution is 2.21. The summed E-state index contributed by atoms with van der Waals surface area (Å²) in [4.78, 5) is 14.2. The van der Waals surface area contributed by atoms with E-state index in [4.69, 9.17) is 16.3 Å². The lowest BCUT2D eigenvalue weighted by Crippen LogP contribution is -2.29. The summed E-state index contributed by atoms with van der Waals surface area (Å²) in [5.41, 5.74) is 1.66. The standard InChI is InChI=1S/C14H18ClNO2/c1-10-7-12(3-4-13(10)15)14(17)16-6-5-11(8-16)9-18-2/h3-4,7,11H,5-6,8-9H2,1-2H3/t11-/m0/s1. The Balaban J connectivity index is 2.05. The molecule has 1 atom stereocenters. The minimum Gasteiger partial charge on any atom is -0.384 e. The van der Waals surface area contributed by atoms with E-state index in [1.807, 2.05) is 17.9 Å². The van der Waals surface area contributed by atoms with Gasteiger partial charge in [0.05, 0.1) is 6.61 Å². The number of hydrogen-bond donors (Lipinski definition) is 0. The van der Waals surface area contributed by atoms with Crippen LogP contribution in [0.3, 0.4) is 0 Å². The van der Waals surface area contributed by atoms with Crippen molar-refractivity contribution in [3.63, 3.8) is 0 Å². The highest BCUT2D eigenvalue weighted by molar-refractivity contribution is 6.31. The van der Waals surface area contributed by atoms with Gasteiger partial charge in [-0.2, -0.15) is 0 Å². The van der Waals surface area contributed by atoms with Gasteiger partial charge < -0.3 is 9.64 Å². The highest BCUT2D eigenvalue weighted by Gasteiger charge is 2.26. The van der Waals surface area contributed by atoms with Crippen LogP contribution in [-0.4, -0.2) is 37.6 Å². The van der Waals surface area contributed by atoms with E-state index in [0.717, 1.165) is 37.2 Å². The lowest BCUT2D eigenvalue weighted by atomic mass is 10.1. The van der Waals surface area contributed by atoms with Crippen molar-refractivity contribution in [2.24, 2.45) is 5.92 Å². The van der Waals surface area contributed by atoms with Crippen molar-refractivity contribution in [3.05, 3.63) is 34.3 Å². The number of likely N-dealkylation sites (tertiary alicyclic amines) is 1. The maximum absolute atomic E-state index is 12.3. The van der Waals surface area contributed by atoms with E-state index < -0.39 is 0 Å². The SMILES string of the molecule is COC[C@H]1CCN(C(=O)c2ccc(Cl)c(C)c2)C1. The van der Waals surface area contributed by atoms with Crippen molar-refractivity contribution in [1.29, 1.82) is 0 Å². The highest BCUT2D eigenvalue weighted by atomic mass is 35.5. The number of hydrogen-bond acceptors (Lipinski definition) is 2. The number of amides is 1. The van der Waals surface area contributed by atoms with Crippen molar-refractivity contribution in [2.75, 3.05) is 26.8 Å². The Bertz CT molecular complexity index is 447. The lowest BCUT2D eigenvalue weighted by molar-refractivity contribution is 0.0775. The molecule has 0 saturated carbocycles. The fourth-order valence-corrected chi connectivity index (χ4v) is 2.47. The molecule has 1 saturated heterocycles. The van der Waals surface area contributed by atoms with Crippen LogP contribution < -0.4 is 0 Å². The zero-order valence-corrected chi connectivity index (χ0v) is 11.5. The van der Waals surface area contributed by atoms with Gasteiger partial charge >= 0.3 is 0 Å². The second-order valence-corrected chi connectivity index (χ2v) is 5.23. The average molecular weight is 268 g/mol. The molecule has 1 aromatic rings. The molecule has 1 amide bonds. The fourth-order valence-electron chi connectivity index (χ4n) is 2.35. The lowest BCUT2D eigenvalue weighted by Gasteiger charge is -2.17. The topological polar surface area (TPSA) is 29.5 Å². The van der Waals surface area contributed by atoms with Crippen molar-refractivity contribution in [3.8, 4) is 0 Å². The van der Waals surface area contributed by atoms with Gasteiger partial charge in [0, 0.05) is 36.7 Å². The molecule has 1 heterocycles. The second kappa shape index (κ2) is 5.72. The molecule has 4 heteroatoms. The van der Waals surface area contributed by atoms with E-state index in [0.29, 0.717) is 10.9 Å². The molecule has 0 bridgehead atoms. The van der Waals surface area contributed by atoms with Gasteiger partial charge in [0.15, 0.2) is 0 Å². The van der Waals surface area contributed by atoms with E-state index in [-0.39, 0.29) is 5.91 Å². The zero-order chi connectivity index (χ0) is 13.1. The summed E-state index contributed by atoms with van der Waals surface area (Å²) in [5.74, 6) is 0.556. The molecule has 18 heavy (non-hydrogen) atoms. The first-order valence-corrected chi connectivity index (χ1v) is 6.54. The second-order valence-electron chi connectivity index (χ2n) is 4.83. The minimum atomic E-state index is 0.0911. The molecule has 0 N–H and O–H groups in total. The van der Waals surface area contributed by atoms with Crippen LogP contribution in [0.25, 0.3) is 0 Å². The molecule has 0 unspecified atom stereocenters. The van der Waals surface area contributed by atoms with Gasteiger partial charge in [-0.1, -0.05) is 11.6 Å². The summed E-state index contributed by atoms with van der Waals surface area (Å²) in [6.45, 7) is 4.24. The van der Waals surface area contributed by atoms with E-state index in [1.54, 1.807) is 19.2 Å². The molecule has 1 fully saturated rings. The van der Waals surface area contributed by atoms with Crippen LogP contribution in [-0.2, 0) is 4.74 Å². The molecule has 0 aliphatic carbocycles. The summed E-state index contributed by atoms with van der Waals surface area (Å²) in [6.07, 6.45) is 1.02. The summed E-state index contributed by atoms with van der Waals surface area (Å²) in [5, 5.41) is 0.699. The van der Waals surface area contributed by atoms with Gasteiger partial charge in [-0.15, -0.1) is 0 Å².